The van der Waals surface area contributed by atoms with Crippen molar-refractivity contribution >= 4 is 17.5 Å². The van der Waals surface area contributed by atoms with Gasteiger partial charge in [-0.15, -0.1) is 10.2 Å². The van der Waals surface area contributed by atoms with Crippen molar-refractivity contribution in [2.24, 2.45) is 7.05 Å². The number of halogens is 2. The molecule has 1 saturated carbocycles. The molecule has 2 aromatic rings. The van der Waals surface area contributed by atoms with Gasteiger partial charge in [0.05, 0.1) is 5.75 Å². The first-order valence-electron chi connectivity index (χ1n) is 6.56. The zero-order valence-corrected chi connectivity index (χ0v) is 12.2. The molecule has 1 aromatic carbocycles. The average Bonchev–Trinajstić information content (AvgIpc) is 3.24. The van der Waals surface area contributed by atoms with Gasteiger partial charge in [-0.1, -0.05) is 11.8 Å². The van der Waals surface area contributed by atoms with E-state index in [1.54, 1.807) is 0 Å². The van der Waals surface area contributed by atoms with E-state index in [1.807, 2.05) is 11.6 Å². The number of carbonyl (C=O) groups excluding carboxylic acids is 1. The monoisotopic (exact) mass is 309 g/mol. The Morgan fingerprint density at radius 1 is 1.33 bits per heavy atom. The molecule has 110 valence electrons. The van der Waals surface area contributed by atoms with Crippen LogP contribution in [0, 0.1) is 11.6 Å². The second kappa shape index (κ2) is 5.55. The summed E-state index contributed by atoms with van der Waals surface area (Å²) in [4.78, 5) is 12.0. The Hall–Kier alpha value is -1.76. The summed E-state index contributed by atoms with van der Waals surface area (Å²) >= 11 is 1.25. The molecule has 0 spiro atoms. The standard InChI is InChI=1S/C14H13F2N3OS/c1-19-13(8-2-3-8)17-18-14(19)21-7-12(20)9-4-5-10(15)11(16)6-9/h4-6,8H,2-3,7H2,1H3. The smallest absolute Gasteiger partial charge is 0.191 e. The number of hydrogen-bond acceptors (Lipinski definition) is 4. The minimum Gasteiger partial charge on any atom is -0.309 e. The molecule has 0 bridgehead atoms. The number of ketones is 1. The molecule has 0 unspecified atom stereocenters. The normalized spacial score (nSPS) is 14.4. The third-order valence-electron chi connectivity index (χ3n) is 3.39. The highest BCUT2D eigenvalue weighted by Crippen LogP contribution is 2.39. The molecular weight excluding hydrogens is 296 g/mol. The molecule has 0 aliphatic heterocycles. The molecule has 1 fully saturated rings. The highest BCUT2D eigenvalue weighted by atomic mass is 32.2. The Balaban J connectivity index is 1.66. The molecular formula is C14H13F2N3OS. The van der Waals surface area contributed by atoms with Crippen molar-refractivity contribution in [3.63, 3.8) is 0 Å². The first-order chi connectivity index (χ1) is 10.1. The molecule has 7 heteroatoms. The molecule has 3 rings (SSSR count). The Kier molecular flexibility index (Phi) is 3.75. The van der Waals surface area contributed by atoms with Crippen molar-refractivity contribution in [2.45, 2.75) is 23.9 Å². The van der Waals surface area contributed by atoms with Gasteiger partial charge in [0.2, 0.25) is 0 Å². The van der Waals surface area contributed by atoms with Crippen LogP contribution in [0.5, 0.6) is 0 Å². The molecule has 1 aliphatic rings. The Morgan fingerprint density at radius 3 is 2.76 bits per heavy atom. The van der Waals surface area contributed by atoms with Gasteiger partial charge < -0.3 is 4.57 Å². The van der Waals surface area contributed by atoms with Gasteiger partial charge in [0.1, 0.15) is 5.82 Å². The molecule has 1 aliphatic carbocycles. The maximum atomic E-state index is 13.1. The summed E-state index contributed by atoms with van der Waals surface area (Å²) in [5.41, 5.74) is 0.158. The van der Waals surface area contributed by atoms with Crippen molar-refractivity contribution in [3.8, 4) is 0 Å². The van der Waals surface area contributed by atoms with Gasteiger partial charge in [0, 0.05) is 18.5 Å². The summed E-state index contributed by atoms with van der Waals surface area (Å²) < 4.78 is 27.8. The second-order valence-corrected chi connectivity index (χ2v) is 5.96. The van der Waals surface area contributed by atoms with Crippen LogP contribution in [0.2, 0.25) is 0 Å². The van der Waals surface area contributed by atoms with E-state index in [0.29, 0.717) is 11.1 Å². The fourth-order valence-electron chi connectivity index (χ4n) is 2.03. The number of aromatic nitrogens is 3. The number of rotatable bonds is 5. The van der Waals surface area contributed by atoms with Gasteiger partial charge in [0.25, 0.3) is 0 Å². The van der Waals surface area contributed by atoms with E-state index in [-0.39, 0.29) is 17.1 Å². The van der Waals surface area contributed by atoms with E-state index in [4.69, 9.17) is 0 Å². The van der Waals surface area contributed by atoms with Crippen LogP contribution in [-0.2, 0) is 7.05 Å². The highest BCUT2D eigenvalue weighted by molar-refractivity contribution is 7.99. The van der Waals surface area contributed by atoms with Gasteiger partial charge in [-0.3, -0.25) is 4.79 Å². The van der Waals surface area contributed by atoms with E-state index in [0.717, 1.165) is 30.8 Å². The maximum Gasteiger partial charge on any atom is 0.191 e. The SMILES string of the molecule is Cn1c(SCC(=O)c2ccc(F)c(F)c2)nnc1C1CC1. The van der Waals surface area contributed by atoms with Crippen molar-refractivity contribution in [1.29, 1.82) is 0 Å². The highest BCUT2D eigenvalue weighted by Gasteiger charge is 2.29. The van der Waals surface area contributed by atoms with Crippen LogP contribution < -0.4 is 0 Å². The van der Waals surface area contributed by atoms with Crippen molar-refractivity contribution in [1.82, 2.24) is 14.8 Å². The van der Waals surface area contributed by atoms with Crippen LogP contribution in [-0.4, -0.2) is 26.3 Å². The van der Waals surface area contributed by atoms with E-state index in [2.05, 4.69) is 10.2 Å². The molecule has 0 saturated heterocycles. The molecule has 1 heterocycles. The quantitative estimate of drug-likeness (QED) is 0.629. The third kappa shape index (κ3) is 2.97. The molecule has 21 heavy (non-hydrogen) atoms. The lowest BCUT2D eigenvalue weighted by Gasteiger charge is -2.03. The van der Waals surface area contributed by atoms with Gasteiger partial charge >= 0.3 is 0 Å². The first-order valence-corrected chi connectivity index (χ1v) is 7.55. The van der Waals surface area contributed by atoms with Crippen LogP contribution >= 0.6 is 11.8 Å². The van der Waals surface area contributed by atoms with Crippen LogP contribution in [0.4, 0.5) is 8.78 Å². The summed E-state index contributed by atoms with van der Waals surface area (Å²) in [5.74, 6) is -0.699. The van der Waals surface area contributed by atoms with E-state index in [9.17, 15) is 13.6 Å². The molecule has 1 aromatic heterocycles. The van der Waals surface area contributed by atoms with Gasteiger partial charge in [-0.25, -0.2) is 8.78 Å². The summed E-state index contributed by atoms with van der Waals surface area (Å²) in [6.45, 7) is 0. The van der Waals surface area contributed by atoms with Crippen LogP contribution in [0.15, 0.2) is 23.4 Å². The van der Waals surface area contributed by atoms with Crippen LogP contribution in [0.3, 0.4) is 0 Å². The van der Waals surface area contributed by atoms with Gasteiger partial charge in [-0.2, -0.15) is 0 Å². The molecule has 4 nitrogen and oxygen atoms in total. The Morgan fingerprint density at radius 2 is 2.10 bits per heavy atom. The topological polar surface area (TPSA) is 47.8 Å². The number of benzene rings is 1. The largest absolute Gasteiger partial charge is 0.309 e. The number of hydrogen-bond donors (Lipinski definition) is 0. The van der Waals surface area contributed by atoms with E-state index in [1.165, 1.54) is 17.8 Å². The molecule has 0 atom stereocenters. The zero-order chi connectivity index (χ0) is 15.0. The van der Waals surface area contributed by atoms with Crippen molar-refractivity contribution in [3.05, 3.63) is 41.2 Å². The Bertz CT molecular complexity index is 698. The molecule has 0 N–H and O–H groups in total. The lowest BCUT2D eigenvalue weighted by Crippen LogP contribution is -2.05. The predicted octanol–water partition coefficient (Wildman–Crippen LogP) is 2.95. The van der Waals surface area contributed by atoms with Crippen LogP contribution in [0.25, 0.3) is 0 Å². The lowest BCUT2D eigenvalue weighted by molar-refractivity contribution is 0.102. The zero-order valence-electron chi connectivity index (χ0n) is 11.3. The van der Waals surface area contributed by atoms with E-state index < -0.39 is 11.6 Å². The summed E-state index contributed by atoms with van der Waals surface area (Å²) in [6.07, 6.45) is 2.26. The van der Waals surface area contributed by atoms with Gasteiger partial charge in [-0.05, 0) is 31.0 Å². The summed E-state index contributed by atoms with van der Waals surface area (Å²) in [6, 6.07) is 3.17. The predicted molar refractivity (Wildman–Crippen MR) is 74.4 cm³/mol. The second-order valence-electron chi connectivity index (χ2n) is 5.01. The fourth-order valence-corrected chi connectivity index (χ4v) is 2.84. The first kappa shape index (κ1) is 14.2. The average molecular weight is 309 g/mol. The number of Topliss-reactive ketones (excluding diaryl/α,β-unsaturated/α-hetero) is 1. The number of thioether (sulfide) groups is 1. The van der Waals surface area contributed by atoms with Crippen LogP contribution in [0.1, 0.15) is 34.9 Å². The Labute approximate surface area is 124 Å². The molecule has 0 radical (unpaired) electrons. The third-order valence-corrected chi connectivity index (χ3v) is 4.41. The van der Waals surface area contributed by atoms with Crippen molar-refractivity contribution in [2.75, 3.05) is 5.75 Å². The fraction of sp³-hybridized carbons (Fsp3) is 0.357. The van der Waals surface area contributed by atoms with Gasteiger partial charge in [0.15, 0.2) is 22.6 Å². The molecule has 0 amide bonds. The minimum atomic E-state index is -1.01. The minimum absolute atomic E-state index is 0.113. The van der Waals surface area contributed by atoms with Crippen molar-refractivity contribution < 1.29 is 13.6 Å². The summed E-state index contributed by atoms with van der Waals surface area (Å²) in [7, 11) is 1.87. The van der Waals surface area contributed by atoms with E-state index >= 15 is 0 Å². The maximum absolute atomic E-state index is 13.1. The number of carbonyl (C=O) groups is 1. The summed E-state index contributed by atoms with van der Waals surface area (Å²) in [5, 5.41) is 8.85. The number of nitrogens with zero attached hydrogens (tertiary/aromatic N) is 3. The lowest BCUT2D eigenvalue weighted by atomic mass is 10.1.